The molecular weight excluding hydrogens is 534 g/mol. The van der Waals surface area contributed by atoms with E-state index in [1.165, 1.54) is 0 Å². The molecule has 1 aromatic carbocycles. The number of rotatable bonds is 8. The van der Waals surface area contributed by atoms with E-state index in [0.29, 0.717) is 62.5 Å². The summed E-state index contributed by atoms with van der Waals surface area (Å²) in [6, 6.07) is 6.83. The van der Waals surface area contributed by atoms with Crippen LogP contribution in [0, 0.1) is 5.92 Å². The molecule has 11 nitrogen and oxygen atoms in total. The third kappa shape index (κ3) is 6.47. The number of benzene rings is 1. The van der Waals surface area contributed by atoms with Crippen molar-refractivity contribution in [1.82, 2.24) is 29.7 Å². The first-order chi connectivity index (χ1) is 19.3. The van der Waals surface area contributed by atoms with E-state index in [0.717, 1.165) is 5.56 Å². The monoisotopic (exact) mass is 567 g/mol. The minimum Gasteiger partial charge on any atom is -0.486 e. The van der Waals surface area contributed by atoms with Crippen LogP contribution < -0.4 is 19.7 Å². The third-order valence-corrected chi connectivity index (χ3v) is 7.18. The van der Waals surface area contributed by atoms with Gasteiger partial charge in [0.2, 0.25) is 17.8 Å². The van der Waals surface area contributed by atoms with E-state index < -0.39 is 0 Å². The van der Waals surface area contributed by atoms with Gasteiger partial charge in [0, 0.05) is 50.9 Å². The molecule has 4 heterocycles. The Kier molecular flexibility index (Phi) is 8.39. The van der Waals surface area contributed by atoms with Crippen LogP contribution in [0.4, 0.5) is 5.82 Å². The Morgan fingerprint density at radius 1 is 1.10 bits per heavy atom. The second-order valence-corrected chi connectivity index (χ2v) is 10.9. The molecule has 2 atom stereocenters. The van der Waals surface area contributed by atoms with Crippen LogP contribution in [0.2, 0.25) is 5.15 Å². The number of nitrogens with one attached hydrogen (secondary N) is 1. The first-order valence-electron chi connectivity index (χ1n) is 13.5. The van der Waals surface area contributed by atoms with Gasteiger partial charge in [0.25, 0.3) is 0 Å². The number of hydrogen-bond acceptors (Lipinski definition) is 8. The number of anilines is 1. The minimum atomic E-state index is -0.307. The number of fused-ring (bicyclic) bond motifs is 1. The van der Waals surface area contributed by atoms with Crippen molar-refractivity contribution in [2.24, 2.45) is 5.92 Å². The predicted molar refractivity (Wildman–Crippen MR) is 150 cm³/mol. The summed E-state index contributed by atoms with van der Waals surface area (Å²) in [6.45, 7) is 8.44. The summed E-state index contributed by atoms with van der Waals surface area (Å²) in [6.07, 6.45) is 5.61. The molecule has 2 aliphatic heterocycles. The smallest absolute Gasteiger partial charge is 0.238 e. The van der Waals surface area contributed by atoms with Crippen molar-refractivity contribution in [2.45, 2.75) is 45.7 Å². The van der Waals surface area contributed by atoms with E-state index in [1.54, 1.807) is 29.4 Å². The quantitative estimate of drug-likeness (QED) is 0.412. The van der Waals surface area contributed by atoms with Crippen LogP contribution in [-0.2, 0) is 9.59 Å². The molecule has 3 aromatic rings. The van der Waals surface area contributed by atoms with Gasteiger partial charge in [-0.05, 0) is 30.5 Å². The Hall–Kier alpha value is -3.86. The number of carbonyl (C=O) groups is 2. The fourth-order valence-electron chi connectivity index (χ4n) is 5.00. The summed E-state index contributed by atoms with van der Waals surface area (Å²) in [7, 11) is 0. The lowest BCUT2D eigenvalue weighted by Crippen LogP contribution is -2.56. The number of amides is 2. The zero-order chi connectivity index (χ0) is 28.2. The fraction of sp³-hybridized carbons (Fsp3) is 0.464. The number of hydrogen-bond donors (Lipinski definition) is 1. The first kappa shape index (κ1) is 27.7. The van der Waals surface area contributed by atoms with Gasteiger partial charge in [-0.1, -0.05) is 31.5 Å². The van der Waals surface area contributed by atoms with Crippen molar-refractivity contribution in [3.05, 3.63) is 53.7 Å². The number of imidazole rings is 1. The molecule has 0 bridgehead atoms. The van der Waals surface area contributed by atoms with E-state index in [4.69, 9.17) is 26.1 Å². The number of nitrogens with zero attached hydrogens (tertiary/aromatic N) is 6. The number of halogens is 1. The molecule has 1 fully saturated rings. The van der Waals surface area contributed by atoms with Gasteiger partial charge in [-0.15, -0.1) is 0 Å². The molecular formula is C28H34ClN7O4. The highest BCUT2D eigenvalue weighted by Gasteiger charge is 2.33. The molecule has 0 saturated carbocycles. The van der Waals surface area contributed by atoms with Crippen LogP contribution in [0.5, 0.6) is 11.5 Å². The van der Waals surface area contributed by atoms with Crippen molar-refractivity contribution in [3.63, 3.8) is 0 Å². The van der Waals surface area contributed by atoms with Crippen LogP contribution in [0.1, 0.15) is 45.2 Å². The summed E-state index contributed by atoms with van der Waals surface area (Å²) in [5.41, 5.74) is 0.916. The third-order valence-electron chi connectivity index (χ3n) is 6.98. The Bertz CT molecular complexity index is 1350. The Morgan fingerprint density at radius 3 is 2.65 bits per heavy atom. The van der Waals surface area contributed by atoms with Gasteiger partial charge in [0.05, 0.1) is 12.1 Å². The van der Waals surface area contributed by atoms with E-state index in [1.807, 2.05) is 48.8 Å². The highest BCUT2D eigenvalue weighted by atomic mass is 35.5. The lowest BCUT2D eigenvalue weighted by Gasteiger charge is -2.42. The summed E-state index contributed by atoms with van der Waals surface area (Å²) >= 11 is 6.39. The molecule has 2 aromatic heterocycles. The topological polar surface area (TPSA) is 115 Å². The Labute approximate surface area is 238 Å². The van der Waals surface area contributed by atoms with Crippen LogP contribution in [0.3, 0.4) is 0 Å². The molecule has 1 N–H and O–H groups in total. The molecule has 2 amide bonds. The van der Waals surface area contributed by atoms with Gasteiger partial charge in [-0.25, -0.2) is 9.97 Å². The van der Waals surface area contributed by atoms with E-state index in [9.17, 15) is 9.59 Å². The summed E-state index contributed by atoms with van der Waals surface area (Å²) in [5.74, 6) is 2.56. The highest BCUT2D eigenvalue weighted by Crippen LogP contribution is 2.33. The van der Waals surface area contributed by atoms with Crippen molar-refractivity contribution in [2.75, 3.05) is 37.7 Å². The van der Waals surface area contributed by atoms with E-state index in [-0.39, 0.29) is 41.4 Å². The number of carbonyl (C=O) groups excluding carboxylic acids is 2. The zero-order valence-corrected chi connectivity index (χ0v) is 23.7. The zero-order valence-electron chi connectivity index (χ0n) is 22.9. The molecule has 1 saturated heterocycles. The van der Waals surface area contributed by atoms with Crippen molar-refractivity contribution in [1.29, 1.82) is 0 Å². The summed E-state index contributed by atoms with van der Waals surface area (Å²) in [5, 5.41) is 3.39. The van der Waals surface area contributed by atoms with Crippen LogP contribution in [0.15, 0.2) is 43.0 Å². The first-order valence-corrected chi connectivity index (χ1v) is 13.9. The lowest BCUT2D eigenvalue weighted by atomic mass is 10.0. The second kappa shape index (κ2) is 12.1. The van der Waals surface area contributed by atoms with Crippen LogP contribution in [0.25, 0.3) is 5.95 Å². The van der Waals surface area contributed by atoms with Gasteiger partial charge >= 0.3 is 0 Å². The molecule has 212 valence electrons. The summed E-state index contributed by atoms with van der Waals surface area (Å²) in [4.78, 5) is 43.3. The molecule has 0 aliphatic carbocycles. The predicted octanol–water partition coefficient (Wildman–Crippen LogP) is 3.42. The van der Waals surface area contributed by atoms with Gasteiger partial charge < -0.3 is 24.6 Å². The molecule has 2 unspecified atom stereocenters. The average molecular weight is 568 g/mol. The van der Waals surface area contributed by atoms with Gasteiger partial charge in [0.15, 0.2) is 11.5 Å². The lowest BCUT2D eigenvalue weighted by molar-refractivity contribution is -0.133. The van der Waals surface area contributed by atoms with E-state index >= 15 is 0 Å². The molecule has 5 rings (SSSR count). The number of piperazine rings is 1. The maximum atomic E-state index is 13.4. The highest BCUT2D eigenvalue weighted by molar-refractivity contribution is 6.29. The van der Waals surface area contributed by atoms with Gasteiger partial charge in [0.1, 0.15) is 30.5 Å². The van der Waals surface area contributed by atoms with Gasteiger partial charge in [-0.2, -0.15) is 4.98 Å². The average Bonchev–Trinajstić information content (AvgIpc) is 3.47. The Balaban J connectivity index is 1.34. The van der Waals surface area contributed by atoms with Crippen molar-refractivity contribution in [3.8, 4) is 17.4 Å². The van der Waals surface area contributed by atoms with Gasteiger partial charge in [-0.3, -0.25) is 14.2 Å². The SMILES string of the molecule is CC(C)CC(=O)N1CCN(c2cc(Cl)nc(-n3ccnc3)n2)C(CC(=O)NC(C)c2ccc3c(c2)OCCO3)C1. The molecule has 0 spiro atoms. The Morgan fingerprint density at radius 2 is 1.90 bits per heavy atom. The van der Waals surface area contributed by atoms with E-state index in [2.05, 4.69) is 15.3 Å². The number of ether oxygens (including phenoxy) is 2. The van der Waals surface area contributed by atoms with Crippen LogP contribution in [-0.4, -0.2) is 75.1 Å². The maximum absolute atomic E-state index is 13.4. The molecule has 40 heavy (non-hydrogen) atoms. The van der Waals surface area contributed by atoms with Crippen LogP contribution >= 0.6 is 11.6 Å². The molecule has 12 heteroatoms. The summed E-state index contributed by atoms with van der Waals surface area (Å²) < 4.78 is 13.0. The minimum absolute atomic E-state index is 0.0875. The normalized spacial score (nSPS) is 17.6. The maximum Gasteiger partial charge on any atom is 0.238 e. The molecule has 0 radical (unpaired) electrons. The standard InChI is InChI=1S/C28H34ClN7O4/c1-18(2)12-27(38)34-8-9-36(25-15-24(29)32-28(33-25)35-7-6-30-17-35)21(16-34)14-26(37)31-19(3)20-4-5-22-23(13-20)40-11-10-39-22/h4-7,13,15,17-19,21H,8-12,14,16H2,1-3H3,(H,31,37). The van der Waals surface area contributed by atoms with Crippen molar-refractivity contribution < 1.29 is 19.1 Å². The fourth-order valence-corrected chi connectivity index (χ4v) is 5.17. The second-order valence-electron chi connectivity index (χ2n) is 10.5. The number of aromatic nitrogens is 4. The van der Waals surface area contributed by atoms with Crippen molar-refractivity contribution >= 4 is 29.2 Å². The molecule has 2 aliphatic rings. The largest absolute Gasteiger partial charge is 0.486 e.